The van der Waals surface area contributed by atoms with Gasteiger partial charge in [-0.3, -0.25) is 20.1 Å². The zero-order valence-electron chi connectivity index (χ0n) is 17.4. The maximum Gasteiger partial charge on any atom is 0.230 e. The van der Waals surface area contributed by atoms with Crippen molar-refractivity contribution in [2.24, 2.45) is 4.99 Å². The highest BCUT2D eigenvalue weighted by molar-refractivity contribution is 7.45. The summed E-state index contributed by atoms with van der Waals surface area (Å²) in [7, 11) is 0.555. The van der Waals surface area contributed by atoms with Crippen LogP contribution in [0.2, 0.25) is 5.02 Å². The highest BCUT2D eigenvalue weighted by atomic mass is 35.5. The number of hydrogen-bond donors (Lipinski definition) is 2. The second-order valence-electron chi connectivity index (χ2n) is 7.21. The maximum absolute atomic E-state index is 12.4. The van der Waals surface area contributed by atoms with Crippen LogP contribution in [-0.4, -0.2) is 22.9 Å². The average Bonchev–Trinajstić information content (AvgIpc) is 2.71. The molecule has 3 unspecified atom stereocenters. The Morgan fingerprint density at radius 3 is 2.83 bits per heavy atom. The molecular formula is C23H26ClN4OP. The molecule has 0 saturated heterocycles. The Hall–Kier alpha value is -2.33. The number of hydrogen-bond acceptors (Lipinski definition) is 4. The molecule has 0 bridgehead atoms. The Bertz CT molecular complexity index is 1000. The first kappa shape index (κ1) is 22.4. The van der Waals surface area contributed by atoms with Crippen molar-refractivity contribution >= 4 is 38.0 Å². The largest absolute Gasteiger partial charge is 0.326 e. The van der Waals surface area contributed by atoms with Gasteiger partial charge in [0.25, 0.3) is 0 Å². The second-order valence-corrected chi connectivity index (χ2v) is 9.16. The van der Waals surface area contributed by atoms with Crippen LogP contribution in [0.25, 0.3) is 0 Å². The smallest absolute Gasteiger partial charge is 0.230 e. The van der Waals surface area contributed by atoms with Gasteiger partial charge in [-0.05, 0) is 61.5 Å². The van der Waals surface area contributed by atoms with E-state index in [0.29, 0.717) is 19.3 Å². The number of amides is 1. The van der Waals surface area contributed by atoms with Crippen molar-refractivity contribution < 1.29 is 4.79 Å². The van der Waals surface area contributed by atoms with Crippen molar-refractivity contribution in [3.05, 3.63) is 82.0 Å². The number of benzene rings is 1. The third-order valence-corrected chi connectivity index (χ3v) is 6.32. The number of anilines is 1. The number of aromatic nitrogens is 1. The van der Waals surface area contributed by atoms with Gasteiger partial charge in [0.15, 0.2) is 0 Å². The van der Waals surface area contributed by atoms with E-state index >= 15 is 0 Å². The summed E-state index contributed by atoms with van der Waals surface area (Å²) in [6, 6.07) is 9.56. The van der Waals surface area contributed by atoms with Crippen molar-refractivity contribution in [3.8, 4) is 0 Å². The van der Waals surface area contributed by atoms with Gasteiger partial charge in [0.2, 0.25) is 5.91 Å². The van der Waals surface area contributed by atoms with E-state index in [9.17, 15) is 4.79 Å². The average molecular weight is 441 g/mol. The summed E-state index contributed by atoms with van der Waals surface area (Å²) in [6.07, 6.45) is 5.69. The quantitative estimate of drug-likeness (QED) is 0.592. The number of nitrogens with zero attached hydrogens (tertiary/aromatic N) is 2. The molecular weight excluding hydrogens is 415 g/mol. The van der Waals surface area contributed by atoms with Crippen LogP contribution in [-0.2, 0) is 11.2 Å². The van der Waals surface area contributed by atoms with Crippen LogP contribution in [0, 0.1) is 6.92 Å². The highest BCUT2D eigenvalue weighted by Crippen LogP contribution is 2.37. The minimum absolute atomic E-state index is 0.101. The number of allylic oxidation sites excluding steroid dienone is 2. The lowest BCUT2D eigenvalue weighted by Gasteiger charge is -2.26. The lowest BCUT2D eigenvalue weighted by Crippen LogP contribution is -2.31. The predicted octanol–water partition coefficient (Wildman–Crippen LogP) is 5.38. The van der Waals surface area contributed by atoms with Crippen LogP contribution < -0.4 is 10.6 Å². The first-order valence-electron chi connectivity index (χ1n) is 9.79. The molecule has 2 heterocycles. The molecule has 1 aliphatic rings. The maximum atomic E-state index is 12.4. The van der Waals surface area contributed by atoms with Crippen molar-refractivity contribution in [3.63, 3.8) is 0 Å². The molecule has 0 fully saturated rings. The van der Waals surface area contributed by atoms with E-state index in [4.69, 9.17) is 11.6 Å². The van der Waals surface area contributed by atoms with Crippen LogP contribution >= 0.6 is 20.2 Å². The number of pyridine rings is 1. The number of carbonyl (C=O) groups is 1. The van der Waals surface area contributed by atoms with Gasteiger partial charge in [0.1, 0.15) is 0 Å². The number of carbonyl (C=O) groups excluding carboxylic acids is 1. The number of aryl methyl sites for hydroxylation is 1. The van der Waals surface area contributed by atoms with Gasteiger partial charge < -0.3 is 5.32 Å². The Morgan fingerprint density at radius 2 is 2.17 bits per heavy atom. The SMILES string of the molecule is C=C1PC(NC(C)c2cc(NC(=O)Cc3ccc(Cl)cn3)ccc2C)C=N/C1=C/C. The molecule has 0 spiro atoms. The van der Waals surface area contributed by atoms with Crippen molar-refractivity contribution in [1.29, 1.82) is 0 Å². The summed E-state index contributed by atoms with van der Waals surface area (Å²) < 4.78 is 0. The minimum Gasteiger partial charge on any atom is -0.326 e. The Balaban J connectivity index is 1.66. The van der Waals surface area contributed by atoms with Gasteiger partial charge in [-0.1, -0.05) is 38.9 Å². The number of rotatable bonds is 6. The topological polar surface area (TPSA) is 66.4 Å². The van der Waals surface area contributed by atoms with E-state index in [-0.39, 0.29) is 24.2 Å². The molecule has 2 aromatic rings. The molecule has 0 radical (unpaired) electrons. The van der Waals surface area contributed by atoms with Crippen LogP contribution in [0.5, 0.6) is 0 Å². The molecule has 156 valence electrons. The molecule has 5 nitrogen and oxygen atoms in total. The fraction of sp³-hybridized carbons (Fsp3) is 0.261. The number of nitrogens with one attached hydrogen (secondary N) is 2. The minimum atomic E-state index is -0.115. The van der Waals surface area contributed by atoms with Gasteiger partial charge >= 0.3 is 0 Å². The normalized spacial score (nSPS) is 19.3. The molecule has 3 atom stereocenters. The third kappa shape index (κ3) is 5.85. The molecule has 7 heteroatoms. The summed E-state index contributed by atoms with van der Waals surface area (Å²) in [5.41, 5.74) is 4.71. The third-order valence-electron chi connectivity index (χ3n) is 4.86. The van der Waals surface area contributed by atoms with Crippen molar-refractivity contribution in [2.75, 3.05) is 5.32 Å². The van der Waals surface area contributed by atoms with Gasteiger partial charge in [-0.2, -0.15) is 0 Å². The summed E-state index contributed by atoms with van der Waals surface area (Å²) in [5.74, 6) is 0.0427. The van der Waals surface area contributed by atoms with E-state index in [1.807, 2.05) is 37.4 Å². The number of aliphatic imine (C=N–C) groups is 1. The zero-order valence-corrected chi connectivity index (χ0v) is 19.1. The highest BCUT2D eigenvalue weighted by Gasteiger charge is 2.19. The van der Waals surface area contributed by atoms with Crippen LogP contribution in [0.4, 0.5) is 5.69 Å². The first-order valence-corrected chi connectivity index (χ1v) is 11.2. The molecule has 0 aliphatic carbocycles. The Kier molecular flexibility index (Phi) is 7.54. The van der Waals surface area contributed by atoms with E-state index in [2.05, 4.69) is 41.0 Å². The van der Waals surface area contributed by atoms with Gasteiger partial charge in [-0.25, -0.2) is 0 Å². The molecule has 1 amide bonds. The fourth-order valence-electron chi connectivity index (χ4n) is 3.29. The van der Waals surface area contributed by atoms with Crippen molar-refractivity contribution in [1.82, 2.24) is 10.3 Å². The summed E-state index contributed by atoms with van der Waals surface area (Å²) in [6.45, 7) is 10.3. The number of halogens is 1. The lowest BCUT2D eigenvalue weighted by atomic mass is 10.0. The standard InChI is InChI=1S/C23H26ClN4OP/c1-5-21-16(4)30-23(13-26-21)27-15(3)20-10-19(8-6-14(20)2)28-22(29)11-18-9-7-17(24)12-25-18/h5-10,12-13,15,23,27,30H,4,11H2,1-3H3,(H,28,29)/b21-5+. The Labute approximate surface area is 184 Å². The Morgan fingerprint density at radius 1 is 1.37 bits per heavy atom. The second kappa shape index (κ2) is 10.1. The summed E-state index contributed by atoms with van der Waals surface area (Å²) >= 11 is 5.85. The van der Waals surface area contributed by atoms with Crippen molar-refractivity contribution in [2.45, 2.75) is 39.0 Å². The molecule has 0 saturated carbocycles. The van der Waals surface area contributed by atoms with Gasteiger partial charge in [-0.15, -0.1) is 0 Å². The summed E-state index contributed by atoms with van der Waals surface area (Å²) in [5, 5.41) is 8.20. The fourth-order valence-corrected chi connectivity index (χ4v) is 4.62. The zero-order chi connectivity index (χ0) is 21.7. The summed E-state index contributed by atoms with van der Waals surface area (Å²) in [4.78, 5) is 21.1. The molecule has 1 aromatic heterocycles. The van der Waals surface area contributed by atoms with E-state index < -0.39 is 0 Å². The first-order chi connectivity index (χ1) is 14.4. The van der Waals surface area contributed by atoms with Gasteiger partial charge in [0.05, 0.1) is 22.9 Å². The van der Waals surface area contributed by atoms with E-state index in [1.54, 1.807) is 18.3 Å². The molecule has 1 aliphatic heterocycles. The molecule has 1 aromatic carbocycles. The predicted molar refractivity (Wildman–Crippen MR) is 128 cm³/mol. The van der Waals surface area contributed by atoms with E-state index in [0.717, 1.165) is 27.8 Å². The van der Waals surface area contributed by atoms with Crippen LogP contribution in [0.15, 0.2) is 65.2 Å². The lowest BCUT2D eigenvalue weighted by molar-refractivity contribution is -0.115. The molecule has 2 N–H and O–H groups in total. The molecule has 30 heavy (non-hydrogen) atoms. The van der Waals surface area contributed by atoms with Gasteiger partial charge in [0, 0.05) is 29.8 Å². The molecule has 3 rings (SSSR count). The van der Waals surface area contributed by atoms with E-state index in [1.165, 1.54) is 0 Å². The monoisotopic (exact) mass is 440 g/mol. The van der Waals surface area contributed by atoms with Crippen LogP contribution in [0.1, 0.15) is 36.7 Å². The van der Waals surface area contributed by atoms with Crippen LogP contribution in [0.3, 0.4) is 0 Å².